The number of hydrogen-bond acceptors (Lipinski definition) is 7. The third-order valence-corrected chi connectivity index (χ3v) is 5.14. The van der Waals surface area contributed by atoms with Crippen LogP contribution in [0.25, 0.3) is 10.9 Å². The summed E-state index contributed by atoms with van der Waals surface area (Å²) < 4.78 is 8.86. The average molecular weight is 358 g/mol. The van der Waals surface area contributed by atoms with Crippen LogP contribution in [0, 0.1) is 18.3 Å². The molecule has 0 unspecified atom stereocenters. The molecule has 0 atom stereocenters. The summed E-state index contributed by atoms with van der Waals surface area (Å²) in [4.78, 5) is 19.0. The molecule has 0 spiro atoms. The van der Waals surface area contributed by atoms with Gasteiger partial charge >= 0.3 is 5.97 Å². The Morgan fingerprint density at radius 1 is 1.54 bits per heavy atom. The molecule has 6 nitrogen and oxygen atoms in total. The smallest absolute Gasteiger partial charge is 0.357 e. The minimum atomic E-state index is -0.415. The minimum Gasteiger partial charge on any atom is -0.461 e. The number of benzene rings is 1. The van der Waals surface area contributed by atoms with Crippen molar-refractivity contribution in [3.8, 4) is 6.07 Å². The monoisotopic (exact) mass is 358 g/mol. The maximum absolute atomic E-state index is 11.6. The number of aromatic nitrogens is 2. The lowest BCUT2D eigenvalue weighted by molar-refractivity contribution is 0.0520. The van der Waals surface area contributed by atoms with Gasteiger partial charge < -0.3 is 14.4 Å². The second-order valence-electron chi connectivity index (χ2n) is 4.92. The van der Waals surface area contributed by atoms with Gasteiger partial charge in [0.25, 0.3) is 0 Å². The van der Waals surface area contributed by atoms with Crippen molar-refractivity contribution < 1.29 is 9.53 Å². The first-order chi connectivity index (χ1) is 11.6. The van der Waals surface area contributed by atoms with E-state index < -0.39 is 5.97 Å². The zero-order valence-electron chi connectivity index (χ0n) is 13.0. The van der Waals surface area contributed by atoms with E-state index in [0.29, 0.717) is 22.2 Å². The van der Waals surface area contributed by atoms with Crippen LogP contribution in [0.2, 0.25) is 0 Å². The maximum Gasteiger partial charge on any atom is 0.357 e. The molecule has 24 heavy (non-hydrogen) atoms. The van der Waals surface area contributed by atoms with E-state index in [1.54, 1.807) is 18.5 Å². The van der Waals surface area contributed by atoms with Crippen molar-refractivity contribution in [1.82, 2.24) is 9.97 Å². The molecule has 0 fully saturated rings. The van der Waals surface area contributed by atoms with Crippen LogP contribution in [0.5, 0.6) is 0 Å². The molecule has 0 radical (unpaired) electrons. The Morgan fingerprint density at radius 3 is 3.12 bits per heavy atom. The third kappa shape index (κ3) is 3.09. The molecule has 0 bridgehead atoms. The number of aromatic amines is 1. The Kier molecular flexibility index (Phi) is 4.74. The largest absolute Gasteiger partial charge is 0.461 e. The van der Waals surface area contributed by atoms with Crippen molar-refractivity contribution in [2.45, 2.75) is 18.2 Å². The van der Waals surface area contributed by atoms with Gasteiger partial charge in [-0.25, -0.2) is 9.78 Å². The quantitative estimate of drug-likeness (QED) is 0.527. The number of hydrogen-bond donors (Lipinski definition) is 2. The van der Waals surface area contributed by atoms with E-state index in [1.807, 2.05) is 19.1 Å². The molecule has 2 aromatic heterocycles. The molecule has 8 heteroatoms. The number of esters is 1. The summed E-state index contributed by atoms with van der Waals surface area (Å²) in [5.41, 5.74) is 3.70. The van der Waals surface area contributed by atoms with Gasteiger partial charge in [0.05, 0.1) is 23.4 Å². The second-order valence-corrected chi connectivity index (χ2v) is 6.83. The summed E-state index contributed by atoms with van der Waals surface area (Å²) in [6.45, 7) is 4.06. The van der Waals surface area contributed by atoms with E-state index in [9.17, 15) is 10.1 Å². The lowest BCUT2D eigenvalue weighted by Crippen LogP contribution is -2.04. The molecule has 0 aliphatic rings. The highest BCUT2D eigenvalue weighted by molar-refractivity contribution is 8.02. The maximum atomic E-state index is 11.6. The van der Waals surface area contributed by atoms with Crippen LogP contribution in [-0.4, -0.2) is 22.5 Å². The van der Waals surface area contributed by atoms with Crippen LogP contribution in [0.3, 0.4) is 0 Å². The molecule has 0 saturated heterocycles. The fraction of sp³-hybridized carbons (Fsp3) is 0.188. The zero-order valence-corrected chi connectivity index (χ0v) is 14.7. The number of ether oxygens (including phenoxy) is 1. The Balaban J connectivity index is 1.79. The Hall–Kier alpha value is -2.50. The van der Waals surface area contributed by atoms with Crippen molar-refractivity contribution >= 4 is 45.8 Å². The van der Waals surface area contributed by atoms with Gasteiger partial charge in [-0.05, 0) is 25.5 Å². The van der Waals surface area contributed by atoms with Gasteiger partial charge in [0.15, 0.2) is 10.0 Å². The predicted octanol–water partition coefficient (Wildman–Crippen LogP) is 4.10. The highest BCUT2D eigenvalue weighted by Crippen LogP contribution is 2.32. The predicted molar refractivity (Wildman–Crippen MR) is 95.3 cm³/mol. The van der Waals surface area contributed by atoms with Crippen molar-refractivity contribution in [3.05, 3.63) is 40.5 Å². The Labute approximate surface area is 147 Å². The minimum absolute atomic E-state index is 0.312. The van der Waals surface area contributed by atoms with E-state index in [4.69, 9.17) is 4.74 Å². The van der Waals surface area contributed by atoms with Crippen LogP contribution in [0.15, 0.2) is 28.0 Å². The number of nitrogens with one attached hydrogen (secondary N) is 2. The molecule has 2 N–H and O–H groups in total. The standard InChI is InChI=1S/C16H14N4O2S2/c1-3-22-15(21)12-8-23-16(19-12)24-20-11-5-4-9(2)13-10(6-17)7-18-14(11)13/h4-5,7-8,18,20H,3H2,1-2H3. The van der Waals surface area contributed by atoms with Crippen LogP contribution < -0.4 is 4.72 Å². The fourth-order valence-corrected chi connectivity index (χ4v) is 3.78. The number of carbonyl (C=O) groups excluding carboxylic acids is 1. The van der Waals surface area contributed by atoms with E-state index in [-0.39, 0.29) is 0 Å². The number of aryl methyl sites for hydroxylation is 1. The zero-order chi connectivity index (χ0) is 17.1. The van der Waals surface area contributed by atoms with Crippen molar-refractivity contribution in [3.63, 3.8) is 0 Å². The van der Waals surface area contributed by atoms with E-state index in [2.05, 4.69) is 20.8 Å². The number of nitrogens with zero attached hydrogens (tertiary/aromatic N) is 2. The molecule has 0 aliphatic carbocycles. The molecule has 0 saturated carbocycles. The number of carbonyl (C=O) groups is 1. The number of anilines is 1. The van der Waals surface area contributed by atoms with Crippen molar-refractivity contribution in [1.29, 1.82) is 5.26 Å². The normalized spacial score (nSPS) is 10.5. The molecule has 122 valence electrons. The Morgan fingerprint density at radius 2 is 2.38 bits per heavy atom. The van der Waals surface area contributed by atoms with Crippen LogP contribution >= 0.6 is 23.3 Å². The van der Waals surface area contributed by atoms with Gasteiger partial charge in [0, 0.05) is 28.9 Å². The van der Waals surface area contributed by atoms with Gasteiger partial charge in [-0.15, -0.1) is 11.3 Å². The van der Waals surface area contributed by atoms with Crippen molar-refractivity contribution in [2.24, 2.45) is 0 Å². The average Bonchev–Trinajstić information content (AvgIpc) is 3.22. The fourth-order valence-electron chi connectivity index (χ4n) is 2.30. The third-order valence-electron chi connectivity index (χ3n) is 3.38. The molecular weight excluding hydrogens is 344 g/mol. The highest BCUT2D eigenvalue weighted by Gasteiger charge is 2.13. The summed E-state index contributed by atoms with van der Waals surface area (Å²) in [5.74, 6) is -0.415. The van der Waals surface area contributed by atoms with E-state index in [1.165, 1.54) is 23.3 Å². The first-order valence-corrected chi connectivity index (χ1v) is 8.90. The lowest BCUT2D eigenvalue weighted by Gasteiger charge is -2.06. The number of nitriles is 1. The van der Waals surface area contributed by atoms with Gasteiger partial charge in [0.2, 0.25) is 0 Å². The Bertz CT molecular complexity index is 939. The highest BCUT2D eigenvalue weighted by atomic mass is 32.2. The molecule has 3 aromatic rings. The summed E-state index contributed by atoms with van der Waals surface area (Å²) in [7, 11) is 0. The van der Waals surface area contributed by atoms with E-state index in [0.717, 1.165) is 22.2 Å². The van der Waals surface area contributed by atoms with Gasteiger partial charge in [-0.1, -0.05) is 6.07 Å². The van der Waals surface area contributed by atoms with Gasteiger partial charge in [0.1, 0.15) is 6.07 Å². The SMILES string of the molecule is CCOC(=O)c1csc(SNc2ccc(C)c3c(C#N)c[nH]c23)n1. The summed E-state index contributed by atoms with van der Waals surface area (Å²) in [6, 6.07) is 6.10. The number of thiazole rings is 1. The summed E-state index contributed by atoms with van der Waals surface area (Å²) >= 11 is 2.68. The number of rotatable bonds is 5. The lowest BCUT2D eigenvalue weighted by atomic mass is 10.1. The van der Waals surface area contributed by atoms with Crippen molar-refractivity contribution in [2.75, 3.05) is 11.3 Å². The number of fused-ring (bicyclic) bond motifs is 1. The first kappa shape index (κ1) is 16.4. The summed E-state index contributed by atoms with van der Waals surface area (Å²) in [6.07, 6.45) is 1.70. The van der Waals surface area contributed by atoms with Gasteiger partial charge in [-0.2, -0.15) is 5.26 Å². The van der Waals surface area contributed by atoms with Crippen LogP contribution in [-0.2, 0) is 4.74 Å². The molecule has 2 heterocycles. The molecular formula is C16H14N4O2S2. The summed E-state index contributed by atoms with van der Waals surface area (Å²) in [5, 5.41) is 11.8. The molecule has 3 rings (SSSR count). The molecule has 1 aromatic carbocycles. The first-order valence-electron chi connectivity index (χ1n) is 7.20. The van der Waals surface area contributed by atoms with Crippen LogP contribution in [0.1, 0.15) is 28.5 Å². The van der Waals surface area contributed by atoms with Gasteiger partial charge in [-0.3, -0.25) is 0 Å². The van der Waals surface area contributed by atoms with Crippen LogP contribution in [0.4, 0.5) is 5.69 Å². The second kappa shape index (κ2) is 6.95. The molecule has 0 aliphatic heterocycles. The topological polar surface area (TPSA) is 90.8 Å². The number of H-pyrrole nitrogens is 1. The van der Waals surface area contributed by atoms with E-state index >= 15 is 0 Å². The molecule has 0 amide bonds.